The first-order valence-electron chi connectivity index (χ1n) is 25.4. The lowest BCUT2D eigenvalue weighted by atomic mass is 9.94. The van der Waals surface area contributed by atoms with Crippen molar-refractivity contribution in [2.45, 2.75) is 205 Å². The highest BCUT2D eigenvalue weighted by Crippen LogP contribution is 2.37. The topological polar surface area (TPSA) is 619 Å². The maximum Gasteiger partial charge on any atom is 0.397 e. The summed E-state index contributed by atoms with van der Waals surface area (Å²) in [5.41, 5.74) is 0. The molecule has 0 aliphatic carbocycles. The quantitative estimate of drug-likeness (QED) is 0.0422. The molecular formula is C42H71N3O37S2. The number of hydrogen-bond acceptors (Lipinski definition) is 35. The first kappa shape index (κ1) is 70.2. The average molecular weight is 1270 g/mol. The molecule has 0 aromatic heterocycles. The smallest absolute Gasteiger partial charge is 0.394 e. The van der Waals surface area contributed by atoms with E-state index in [0.29, 0.717) is 0 Å². The van der Waals surface area contributed by atoms with Gasteiger partial charge in [-0.15, -0.1) is 0 Å². The van der Waals surface area contributed by atoms with Crippen LogP contribution in [0.15, 0.2) is 0 Å². The van der Waals surface area contributed by atoms with Gasteiger partial charge in [0.15, 0.2) is 37.7 Å². The Labute approximate surface area is 475 Å². The Morgan fingerprint density at radius 2 is 0.774 bits per heavy atom. The van der Waals surface area contributed by atoms with Crippen LogP contribution in [0.1, 0.15) is 20.8 Å². The number of rotatable bonds is 23. The van der Waals surface area contributed by atoms with Crippen LogP contribution in [0.2, 0.25) is 0 Å². The minimum absolute atomic E-state index is 0.875. The van der Waals surface area contributed by atoms with E-state index in [0.717, 1.165) is 20.8 Å². The summed E-state index contributed by atoms with van der Waals surface area (Å²) >= 11 is 0. The van der Waals surface area contributed by atoms with E-state index in [4.69, 9.17) is 52.1 Å². The fourth-order valence-electron chi connectivity index (χ4n) is 10.0. The molecule has 6 heterocycles. The SMILES string of the molecule is CC(=O)N[C@@H]1[C@@H](O[C@@H]2O[C@H](CO)[C@H](O)[C@H](O[C@@H]3O[C@H](COS(=O)(=O)O)[C@@H](O[C@@H]4O[C@H](CO)[C@H](O)[C@H](O)[C@H]4O)[C@H](O)[C@H]3NC(C)=O)[C@H]2O)[C@@H](O)[C@@H](CO[C@@H]2O[C@H](CO)[C@@H](O[C@@H]3O[C@H](CO)[C@H](O)[C@H](OS(=O)(=O)O)[C@H]3O)[C@H](O)[C@H]2NC(C)=O)O[C@@H]1O. The average Bonchev–Trinajstić information content (AvgIpc) is 1.90. The van der Waals surface area contributed by atoms with E-state index < -0.39 is 262 Å². The number of ether oxygens (including phenoxy) is 11. The zero-order chi connectivity index (χ0) is 62.6. The fourth-order valence-corrected chi connectivity index (χ4v) is 10.8. The number of aliphatic hydroxyl groups is 15. The van der Waals surface area contributed by atoms with Crippen molar-refractivity contribution in [3.63, 3.8) is 0 Å². The minimum Gasteiger partial charge on any atom is -0.394 e. The first-order chi connectivity index (χ1) is 39.2. The second kappa shape index (κ2) is 29.6. The molecule has 42 heteroatoms. The lowest BCUT2D eigenvalue weighted by Crippen LogP contribution is -2.70. The molecule has 84 heavy (non-hydrogen) atoms. The third kappa shape index (κ3) is 16.9. The molecule has 0 saturated carbocycles. The van der Waals surface area contributed by atoms with Crippen LogP contribution in [-0.2, 0) is 95.7 Å². The Morgan fingerprint density at radius 3 is 1.26 bits per heavy atom. The number of carbonyl (C=O) groups excluding carboxylic acids is 3. The number of hydrogen-bond donors (Lipinski definition) is 20. The van der Waals surface area contributed by atoms with Crippen molar-refractivity contribution in [1.82, 2.24) is 16.0 Å². The van der Waals surface area contributed by atoms with Crippen molar-refractivity contribution in [1.29, 1.82) is 0 Å². The summed E-state index contributed by atoms with van der Waals surface area (Å²) in [6.07, 6.45) is -55.5. The summed E-state index contributed by atoms with van der Waals surface area (Å²) in [5.74, 6) is -2.72. The van der Waals surface area contributed by atoms with Gasteiger partial charge < -0.3 is 145 Å². The molecule has 0 radical (unpaired) electrons. The molecule has 6 aliphatic heterocycles. The van der Waals surface area contributed by atoms with Crippen LogP contribution >= 0.6 is 0 Å². The Kier molecular flexibility index (Phi) is 24.8. The van der Waals surface area contributed by atoms with Crippen molar-refractivity contribution >= 4 is 38.5 Å². The summed E-state index contributed by atoms with van der Waals surface area (Å²) in [4.78, 5) is 37.6. The fraction of sp³-hybridized carbons (Fsp3) is 0.929. The van der Waals surface area contributed by atoms with Gasteiger partial charge in [0.25, 0.3) is 0 Å². The van der Waals surface area contributed by atoms with Crippen molar-refractivity contribution in [2.24, 2.45) is 0 Å². The van der Waals surface area contributed by atoms with Crippen molar-refractivity contribution < 1.29 is 177 Å². The molecule has 0 aromatic carbocycles. The largest absolute Gasteiger partial charge is 0.397 e. The van der Waals surface area contributed by atoms with Gasteiger partial charge in [-0.25, -0.2) is 8.37 Å². The summed E-state index contributed by atoms with van der Waals surface area (Å²) in [6, 6.07) is -5.52. The van der Waals surface area contributed by atoms with E-state index in [2.05, 4.69) is 24.3 Å². The van der Waals surface area contributed by atoms with Gasteiger partial charge in [0.1, 0.15) is 146 Å². The zero-order valence-electron chi connectivity index (χ0n) is 44.1. The van der Waals surface area contributed by atoms with Crippen LogP contribution in [0, 0.1) is 0 Å². The van der Waals surface area contributed by atoms with Gasteiger partial charge in [-0.3, -0.25) is 23.5 Å². The molecule has 6 saturated heterocycles. The monoisotopic (exact) mass is 1270 g/mol. The molecule has 0 bridgehead atoms. The predicted molar refractivity (Wildman–Crippen MR) is 255 cm³/mol. The molecule has 30 atom stereocenters. The molecule has 0 spiro atoms. The van der Waals surface area contributed by atoms with Gasteiger partial charge in [-0.05, 0) is 0 Å². The van der Waals surface area contributed by atoms with Gasteiger partial charge >= 0.3 is 20.8 Å². The van der Waals surface area contributed by atoms with Gasteiger partial charge in [-0.1, -0.05) is 0 Å². The Morgan fingerprint density at radius 1 is 0.381 bits per heavy atom. The van der Waals surface area contributed by atoms with Crippen LogP contribution in [0.4, 0.5) is 0 Å². The second-order valence-electron chi connectivity index (χ2n) is 20.0. The van der Waals surface area contributed by atoms with E-state index in [1.165, 1.54) is 0 Å². The standard InChI is InChI=1S/C42H71N3O37S2/c1-10(50)43-19-26(57)32(78-42-31(62)36(82-84(67,68)69)24(55)15(6-48)75-42)16(7-49)76-38(19)70-8-17-25(56)34(21(37(63)72-17)45-12(3)52)80-41-30(61)35(23(54)14(5-47)74-41)81-39-20(44-11(2)51)27(58)33(18(77-39)9-71-83(64,65)66)79-40-29(60)28(59)22(53)13(4-46)73-40/h13-42,46-49,53-63H,4-9H2,1-3H3,(H,43,50)(H,44,51)(H,45,52)(H,64,65,66)(H,67,68,69)/t13-,14-,15-,16-,17-,18-,19-,20-,21-,22+,23+,24+,25+,26-,27-,28+,29-,30-,31-,32-,33-,34-,35+,36+,37+,38-,39+,40+,41+,42+/m1/s1. The molecule has 0 unspecified atom stereocenters. The maximum absolute atomic E-state index is 12.6. The number of amides is 3. The van der Waals surface area contributed by atoms with E-state index in [9.17, 15) is 117 Å². The molecule has 20 N–H and O–H groups in total. The molecule has 6 rings (SSSR count). The Balaban J connectivity index is 1.23. The van der Waals surface area contributed by atoms with E-state index in [1.807, 2.05) is 0 Å². The molecule has 6 aliphatic rings. The molecule has 6 fully saturated rings. The highest BCUT2D eigenvalue weighted by atomic mass is 32.3. The van der Waals surface area contributed by atoms with E-state index >= 15 is 0 Å². The third-order valence-corrected chi connectivity index (χ3v) is 14.9. The van der Waals surface area contributed by atoms with Gasteiger partial charge in [0.2, 0.25) is 17.7 Å². The lowest BCUT2D eigenvalue weighted by molar-refractivity contribution is -0.376. The van der Waals surface area contributed by atoms with Crippen LogP contribution in [0.5, 0.6) is 0 Å². The third-order valence-electron chi connectivity index (χ3n) is 14.0. The zero-order valence-corrected chi connectivity index (χ0v) is 45.8. The van der Waals surface area contributed by atoms with Crippen LogP contribution in [-0.4, -0.2) is 344 Å². The summed E-state index contributed by atoms with van der Waals surface area (Å²) in [7, 11) is -10.7. The lowest BCUT2D eigenvalue weighted by Gasteiger charge is -2.50. The summed E-state index contributed by atoms with van der Waals surface area (Å²) in [5, 5.41) is 170. The summed E-state index contributed by atoms with van der Waals surface area (Å²) in [6.45, 7) is -3.63. The number of nitrogens with one attached hydrogen (secondary N) is 3. The van der Waals surface area contributed by atoms with Gasteiger partial charge in [0, 0.05) is 20.8 Å². The first-order valence-corrected chi connectivity index (χ1v) is 28.1. The van der Waals surface area contributed by atoms with Crippen LogP contribution < -0.4 is 16.0 Å². The van der Waals surface area contributed by atoms with E-state index in [-0.39, 0.29) is 0 Å². The van der Waals surface area contributed by atoms with Crippen molar-refractivity contribution in [2.75, 3.05) is 39.6 Å². The number of aliphatic hydroxyl groups excluding tert-OH is 15. The molecule has 488 valence electrons. The maximum atomic E-state index is 12.6. The molecular weight excluding hydrogens is 1200 g/mol. The van der Waals surface area contributed by atoms with Crippen LogP contribution in [0.3, 0.4) is 0 Å². The normalized spacial score (nSPS) is 45.1. The highest BCUT2D eigenvalue weighted by molar-refractivity contribution is 7.81. The van der Waals surface area contributed by atoms with Crippen molar-refractivity contribution in [3.8, 4) is 0 Å². The van der Waals surface area contributed by atoms with E-state index in [1.54, 1.807) is 0 Å². The number of carbonyl (C=O) groups is 3. The minimum atomic E-state index is -5.38. The molecule has 40 nitrogen and oxygen atoms in total. The molecule has 3 amide bonds. The Hall–Kier alpha value is -2.89. The second-order valence-corrected chi connectivity index (χ2v) is 22.2. The van der Waals surface area contributed by atoms with Crippen LogP contribution in [0.25, 0.3) is 0 Å². The van der Waals surface area contributed by atoms with Gasteiger partial charge in [0.05, 0.1) is 39.6 Å². The predicted octanol–water partition coefficient (Wildman–Crippen LogP) is -14.0. The van der Waals surface area contributed by atoms with Gasteiger partial charge in [-0.2, -0.15) is 16.8 Å². The summed E-state index contributed by atoms with van der Waals surface area (Å²) < 4.78 is 137. The van der Waals surface area contributed by atoms with Crippen molar-refractivity contribution in [3.05, 3.63) is 0 Å². The highest BCUT2D eigenvalue weighted by Gasteiger charge is 2.58. The molecule has 0 aromatic rings. The Bertz CT molecular complexity index is 2390.